The van der Waals surface area contributed by atoms with Gasteiger partial charge in [0.2, 0.25) is 0 Å². The molecule has 1 unspecified atom stereocenters. The van der Waals surface area contributed by atoms with Gasteiger partial charge >= 0.3 is 0 Å². The summed E-state index contributed by atoms with van der Waals surface area (Å²) in [5.41, 5.74) is 7.77. The summed E-state index contributed by atoms with van der Waals surface area (Å²) >= 11 is 9.11. The van der Waals surface area contributed by atoms with E-state index in [0.717, 1.165) is 16.9 Å². The summed E-state index contributed by atoms with van der Waals surface area (Å²) in [5, 5.41) is 0.620. The van der Waals surface area contributed by atoms with E-state index in [-0.39, 0.29) is 11.9 Å². The van der Waals surface area contributed by atoms with Crippen molar-refractivity contribution in [1.29, 1.82) is 0 Å². The number of methoxy groups -OCH3 is 1. The van der Waals surface area contributed by atoms with Gasteiger partial charge in [0.05, 0.1) is 11.6 Å². The van der Waals surface area contributed by atoms with Gasteiger partial charge in [-0.15, -0.1) is 0 Å². The molecule has 0 aromatic heterocycles. The molecule has 0 saturated heterocycles. The number of rotatable bonds is 4. The van der Waals surface area contributed by atoms with Crippen LogP contribution in [0, 0.1) is 5.82 Å². The number of hydrogen-bond acceptors (Lipinski definition) is 2. The number of hydrogen-bond donors (Lipinski definition) is 1. The lowest BCUT2D eigenvalue weighted by atomic mass is 9.99. The van der Waals surface area contributed by atoms with Gasteiger partial charge in [0.25, 0.3) is 0 Å². The Morgan fingerprint density at radius 1 is 1.30 bits per heavy atom. The molecular weight excluding hydrogens is 345 g/mol. The van der Waals surface area contributed by atoms with Crippen molar-refractivity contribution in [2.24, 2.45) is 5.73 Å². The van der Waals surface area contributed by atoms with Crippen LogP contribution in [0.25, 0.3) is 0 Å². The Morgan fingerprint density at radius 2 is 2.05 bits per heavy atom. The Labute approximate surface area is 130 Å². The normalized spacial score (nSPS) is 12.2. The fraction of sp³-hybridized carbons (Fsp3) is 0.200. The highest BCUT2D eigenvalue weighted by Gasteiger charge is 2.13. The maximum Gasteiger partial charge on any atom is 0.137 e. The van der Waals surface area contributed by atoms with Gasteiger partial charge in [-0.3, -0.25) is 0 Å². The van der Waals surface area contributed by atoms with Crippen LogP contribution in [0.3, 0.4) is 0 Å². The second-order valence-electron chi connectivity index (χ2n) is 4.44. The molecule has 1 atom stereocenters. The van der Waals surface area contributed by atoms with Crippen molar-refractivity contribution in [3.05, 3.63) is 62.8 Å². The zero-order chi connectivity index (χ0) is 14.7. The summed E-state index contributed by atoms with van der Waals surface area (Å²) in [6.45, 7) is 0. The van der Waals surface area contributed by atoms with Crippen LogP contribution in [0.4, 0.5) is 4.39 Å². The lowest BCUT2D eigenvalue weighted by Crippen LogP contribution is -2.14. The molecule has 5 heteroatoms. The van der Waals surface area contributed by atoms with E-state index >= 15 is 0 Å². The summed E-state index contributed by atoms with van der Waals surface area (Å²) in [6, 6.07) is 9.93. The number of ether oxygens (including phenoxy) is 1. The van der Waals surface area contributed by atoms with E-state index in [0.29, 0.717) is 15.9 Å². The topological polar surface area (TPSA) is 35.2 Å². The molecule has 0 saturated carbocycles. The Morgan fingerprint density at radius 3 is 2.70 bits per heavy atom. The molecule has 0 fully saturated rings. The zero-order valence-corrected chi connectivity index (χ0v) is 13.2. The fourth-order valence-electron chi connectivity index (χ4n) is 2.00. The first-order valence-electron chi connectivity index (χ1n) is 6.04. The van der Waals surface area contributed by atoms with Crippen LogP contribution in [-0.2, 0) is 6.42 Å². The third-order valence-electron chi connectivity index (χ3n) is 3.05. The van der Waals surface area contributed by atoms with Gasteiger partial charge in [-0.1, -0.05) is 17.7 Å². The zero-order valence-electron chi connectivity index (χ0n) is 10.9. The summed E-state index contributed by atoms with van der Waals surface area (Å²) < 4.78 is 19.2. The molecule has 106 valence electrons. The van der Waals surface area contributed by atoms with E-state index in [1.165, 1.54) is 6.07 Å². The predicted octanol–water partition coefficient (Wildman–Crippen LogP) is 4.49. The van der Waals surface area contributed by atoms with Gasteiger partial charge in [0.1, 0.15) is 11.6 Å². The van der Waals surface area contributed by atoms with Crippen LogP contribution in [0.15, 0.2) is 40.9 Å². The third kappa shape index (κ3) is 3.51. The molecule has 0 aliphatic rings. The molecule has 2 nitrogen and oxygen atoms in total. The molecule has 2 aromatic carbocycles. The fourth-order valence-corrected chi connectivity index (χ4v) is 2.45. The van der Waals surface area contributed by atoms with Crippen molar-refractivity contribution in [3.8, 4) is 5.75 Å². The van der Waals surface area contributed by atoms with Crippen molar-refractivity contribution in [1.82, 2.24) is 0 Å². The van der Waals surface area contributed by atoms with Crippen molar-refractivity contribution in [2.45, 2.75) is 12.5 Å². The molecule has 0 spiro atoms. The van der Waals surface area contributed by atoms with E-state index in [4.69, 9.17) is 22.1 Å². The lowest BCUT2D eigenvalue weighted by molar-refractivity contribution is 0.408. The Bertz CT molecular complexity index is 621. The molecule has 0 amide bonds. The van der Waals surface area contributed by atoms with E-state index in [1.54, 1.807) is 31.4 Å². The first kappa shape index (κ1) is 15.3. The van der Waals surface area contributed by atoms with E-state index < -0.39 is 0 Å². The monoisotopic (exact) mass is 357 g/mol. The first-order valence-corrected chi connectivity index (χ1v) is 7.21. The number of halogens is 3. The van der Waals surface area contributed by atoms with Crippen LogP contribution in [0.1, 0.15) is 17.2 Å². The summed E-state index contributed by atoms with van der Waals surface area (Å²) in [4.78, 5) is 0. The van der Waals surface area contributed by atoms with Gasteiger partial charge in [0, 0.05) is 11.1 Å². The van der Waals surface area contributed by atoms with Gasteiger partial charge < -0.3 is 10.5 Å². The van der Waals surface area contributed by atoms with Crippen LogP contribution >= 0.6 is 27.5 Å². The Balaban J connectivity index is 2.24. The minimum absolute atomic E-state index is 0.323. The Hall–Kier alpha value is -1.10. The largest absolute Gasteiger partial charge is 0.496 e. The SMILES string of the molecule is COc1ccc(Cl)cc1CC(N)c1ccc(Br)c(F)c1. The van der Waals surface area contributed by atoms with Crippen molar-refractivity contribution < 1.29 is 9.13 Å². The molecule has 0 heterocycles. The van der Waals surface area contributed by atoms with Gasteiger partial charge in [-0.05, 0) is 63.8 Å². The highest BCUT2D eigenvalue weighted by Crippen LogP contribution is 2.28. The molecule has 2 aromatic rings. The van der Waals surface area contributed by atoms with E-state index in [1.807, 2.05) is 6.07 Å². The quantitative estimate of drug-likeness (QED) is 0.874. The highest BCUT2D eigenvalue weighted by atomic mass is 79.9. The van der Waals surface area contributed by atoms with Crippen LogP contribution < -0.4 is 10.5 Å². The number of nitrogens with two attached hydrogens (primary N) is 1. The molecule has 20 heavy (non-hydrogen) atoms. The van der Waals surface area contributed by atoms with E-state index in [9.17, 15) is 4.39 Å². The molecule has 0 aliphatic heterocycles. The summed E-state index contributed by atoms with van der Waals surface area (Å²) in [6.07, 6.45) is 0.519. The van der Waals surface area contributed by atoms with E-state index in [2.05, 4.69) is 15.9 Å². The van der Waals surface area contributed by atoms with Crippen molar-refractivity contribution in [2.75, 3.05) is 7.11 Å². The summed E-state index contributed by atoms with van der Waals surface area (Å²) in [5.74, 6) is 0.401. The molecule has 2 N–H and O–H groups in total. The second kappa shape index (κ2) is 6.57. The highest BCUT2D eigenvalue weighted by molar-refractivity contribution is 9.10. The molecule has 0 radical (unpaired) electrons. The molecule has 0 aliphatic carbocycles. The van der Waals surface area contributed by atoms with Gasteiger partial charge in [0.15, 0.2) is 0 Å². The maximum absolute atomic E-state index is 13.5. The minimum Gasteiger partial charge on any atom is -0.496 e. The lowest BCUT2D eigenvalue weighted by Gasteiger charge is -2.15. The van der Waals surface area contributed by atoms with Crippen LogP contribution in [-0.4, -0.2) is 7.11 Å². The third-order valence-corrected chi connectivity index (χ3v) is 3.93. The standard InChI is InChI=1S/C15H14BrClFNO/c1-20-15-5-3-11(17)6-10(15)8-14(19)9-2-4-12(16)13(18)7-9/h2-7,14H,8,19H2,1H3. The van der Waals surface area contributed by atoms with Gasteiger partial charge in [-0.25, -0.2) is 4.39 Å². The second-order valence-corrected chi connectivity index (χ2v) is 5.73. The average Bonchev–Trinajstić information content (AvgIpc) is 2.42. The smallest absolute Gasteiger partial charge is 0.137 e. The molecule has 0 bridgehead atoms. The Kier molecular flexibility index (Phi) is 5.02. The molecular formula is C15H14BrClFNO. The number of benzene rings is 2. The predicted molar refractivity (Wildman–Crippen MR) is 82.7 cm³/mol. The van der Waals surface area contributed by atoms with Crippen LogP contribution in [0.2, 0.25) is 5.02 Å². The van der Waals surface area contributed by atoms with Crippen molar-refractivity contribution >= 4 is 27.5 Å². The average molecular weight is 359 g/mol. The summed E-state index contributed by atoms with van der Waals surface area (Å²) in [7, 11) is 1.59. The molecule has 2 rings (SSSR count). The van der Waals surface area contributed by atoms with Crippen LogP contribution in [0.5, 0.6) is 5.75 Å². The van der Waals surface area contributed by atoms with Gasteiger partial charge in [-0.2, -0.15) is 0 Å². The minimum atomic E-state index is -0.329. The van der Waals surface area contributed by atoms with Crippen molar-refractivity contribution in [3.63, 3.8) is 0 Å². The maximum atomic E-state index is 13.5. The first-order chi connectivity index (χ1) is 9.51.